The van der Waals surface area contributed by atoms with Gasteiger partial charge in [0.25, 0.3) is 5.91 Å². The third kappa shape index (κ3) is 4.13. The predicted octanol–water partition coefficient (Wildman–Crippen LogP) is 2.19. The van der Waals surface area contributed by atoms with E-state index >= 15 is 0 Å². The monoisotopic (exact) mass is 273 g/mol. The van der Waals surface area contributed by atoms with Crippen molar-refractivity contribution in [3.05, 3.63) is 35.4 Å². The summed E-state index contributed by atoms with van der Waals surface area (Å²) in [6, 6.07) is 6.04. The Hall–Kier alpha value is -2.28. The second kappa shape index (κ2) is 6.25. The highest BCUT2D eigenvalue weighted by Crippen LogP contribution is 2.22. The Morgan fingerprint density at radius 2 is 1.85 bits per heavy atom. The minimum atomic E-state index is -1.14. The third-order valence-corrected chi connectivity index (χ3v) is 2.94. The first kappa shape index (κ1) is 15.8. The molecule has 0 spiro atoms. The van der Waals surface area contributed by atoms with Crippen molar-refractivity contribution in [2.45, 2.75) is 38.6 Å². The van der Waals surface area contributed by atoms with Gasteiger partial charge in [-0.3, -0.25) is 4.79 Å². The molecule has 0 fully saturated rings. The molecule has 1 atom stereocenters. The maximum absolute atomic E-state index is 12.0. The molecule has 1 unspecified atom stereocenters. The summed E-state index contributed by atoms with van der Waals surface area (Å²) in [6.45, 7) is 6.24. The lowest BCUT2D eigenvalue weighted by atomic mass is 9.86. The van der Waals surface area contributed by atoms with Crippen LogP contribution in [0, 0.1) is 12.3 Å². The van der Waals surface area contributed by atoms with Crippen LogP contribution in [0.25, 0.3) is 0 Å². The van der Waals surface area contributed by atoms with Crippen molar-refractivity contribution in [2.75, 3.05) is 0 Å². The van der Waals surface area contributed by atoms with E-state index in [4.69, 9.17) is 11.5 Å². The number of aliphatic carboxylic acids is 1. The zero-order chi connectivity index (χ0) is 15.3. The number of benzene rings is 1. The SMILES string of the molecule is C#CCC(NC(=O)c1ccc(C(C)(C)C)cc1)C(=O)O. The quantitative estimate of drug-likeness (QED) is 0.826. The van der Waals surface area contributed by atoms with Crippen LogP contribution in [0.5, 0.6) is 0 Å². The number of carboxylic acid groups (broad SMARTS) is 1. The van der Waals surface area contributed by atoms with Crippen LogP contribution in [-0.4, -0.2) is 23.0 Å². The Morgan fingerprint density at radius 1 is 1.30 bits per heavy atom. The molecule has 2 N–H and O–H groups in total. The number of carboxylic acids is 1. The minimum Gasteiger partial charge on any atom is -0.480 e. The molecule has 1 rings (SSSR count). The summed E-state index contributed by atoms with van der Waals surface area (Å²) in [5.74, 6) is 0.666. The smallest absolute Gasteiger partial charge is 0.327 e. The number of hydrogen-bond donors (Lipinski definition) is 2. The fourth-order valence-corrected chi connectivity index (χ4v) is 1.68. The van der Waals surface area contributed by atoms with Gasteiger partial charge in [0.1, 0.15) is 6.04 Å². The summed E-state index contributed by atoms with van der Waals surface area (Å²) in [6.07, 6.45) is 5.04. The first-order chi connectivity index (χ1) is 9.25. The van der Waals surface area contributed by atoms with Crippen molar-refractivity contribution in [3.63, 3.8) is 0 Å². The van der Waals surface area contributed by atoms with Gasteiger partial charge in [0.05, 0.1) is 0 Å². The maximum Gasteiger partial charge on any atom is 0.327 e. The van der Waals surface area contributed by atoms with E-state index in [-0.39, 0.29) is 11.8 Å². The summed E-state index contributed by atoms with van der Waals surface area (Å²) in [7, 11) is 0. The third-order valence-electron chi connectivity index (χ3n) is 2.94. The zero-order valence-corrected chi connectivity index (χ0v) is 11.9. The molecule has 4 heteroatoms. The van der Waals surface area contributed by atoms with Crippen LogP contribution in [0.4, 0.5) is 0 Å². The van der Waals surface area contributed by atoms with Gasteiger partial charge < -0.3 is 10.4 Å². The number of carbonyl (C=O) groups excluding carboxylic acids is 1. The first-order valence-corrected chi connectivity index (χ1v) is 6.33. The lowest BCUT2D eigenvalue weighted by Gasteiger charge is -2.19. The number of hydrogen-bond acceptors (Lipinski definition) is 2. The molecule has 0 bridgehead atoms. The van der Waals surface area contributed by atoms with E-state index < -0.39 is 17.9 Å². The zero-order valence-electron chi connectivity index (χ0n) is 11.9. The highest BCUT2D eigenvalue weighted by atomic mass is 16.4. The average Bonchev–Trinajstić information content (AvgIpc) is 2.37. The highest BCUT2D eigenvalue weighted by Gasteiger charge is 2.20. The number of rotatable bonds is 4. The Labute approximate surface area is 119 Å². The van der Waals surface area contributed by atoms with Crippen molar-refractivity contribution in [1.82, 2.24) is 5.32 Å². The van der Waals surface area contributed by atoms with Crippen molar-refractivity contribution < 1.29 is 14.7 Å². The average molecular weight is 273 g/mol. The van der Waals surface area contributed by atoms with Crippen molar-refractivity contribution in [3.8, 4) is 12.3 Å². The van der Waals surface area contributed by atoms with Gasteiger partial charge in [-0.15, -0.1) is 12.3 Å². The lowest BCUT2D eigenvalue weighted by Crippen LogP contribution is -2.40. The van der Waals surface area contributed by atoms with Crippen LogP contribution in [0.3, 0.4) is 0 Å². The number of amides is 1. The van der Waals surface area contributed by atoms with Crippen LogP contribution >= 0.6 is 0 Å². The van der Waals surface area contributed by atoms with Crippen molar-refractivity contribution >= 4 is 11.9 Å². The summed E-state index contributed by atoms with van der Waals surface area (Å²) in [4.78, 5) is 22.9. The van der Waals surface area contributed by atoms with Crippen molar-refractivity contribution in [1.29, 1.82) is 0 Å². The molecule has 20 heavy (non-hydrogen) atoms. The second-order valence-corrected chi connectivity index (χ2v) is 5.60. The van der Waals surface area contributed by atoms with Gasteiger partial charge in [-0.2, -0.15) is 0 Å². The normalized spacial score (nSPS) is 12.3. The van der Waals surface area contributed by atoms with Crippen LogP contribution < -0.4 is 5.32 Å². The standard InChI is InChI=1S/C16H19NO3/c1-5-6-13(15(19)20)17-14(18)11-7-9-12(10-8-11)16(2,3)4/h1,7-10,13H,6H2,2-4H3,(H,17,18)(H,19,20). The lowest BCUT2D eigenvalue weighted by molar-refractivity contribution is -0.139. The number of nitrogens with one attached hydrogen (secondary N) is 1. The van der Waals surface area contributed by atoms with E-state index in [9.17, 15) is 9.59 Å². The predicted molar refractivity (Wildman–Crippen MR) is 77.5 cm³/mol. The first-order valence-electron chi connectivity index (χ1n) is 6.33. The van der Waals surface area contributed by atoms with Gasteiger partial charge in [-0.25, -0.2) is 4.79 Å². The summed E-state index contributed by atoms with van der Waals surface area (Å²) >= 11 is 0. The van der Waals surface area contributed by atoms with Crippen LogP contribution in [-0.2, 0) is 10.2 Å². The molecule has 0 aromatic heterocycles. The summed E-state index contributed by atoms with van der Waals surface area (Å²) < 4.78 is 0. The van der Waals surface area contributed by atoms with E-state index in [2.05, 4.69) is 32.0 Å². The molecule has 1 aromatic carbocycles. The minimum absolute atomic E-state index is 0.00206. The Balaban J connectivity index is 2.83. The molecule has 0 saturated heterocycles. The molecule has 4 nitrogen and oxygen atoms in total. The molecule has 0 heterocycles. The Bertz CT molecular complexity index is 532. The number of carbonyl (C=O) groups is 2. The molecule has 0 saturated carbocycles. The van der Waals surface area contributed by atoms with Gasteiger partial charge >= 0.3 is 5.97 Å². The van der Waals surface area contributed by atoms with Crippen LogP contribution in [0.1, 0.15) is 43.1 Å². The molecule has 106 valence electrons. The van der Waals surface area contributed by atoms with E-state index in [0.717, 1.165) is 5.56 Å². The highest BCUT2D eigenvalue weighted by molar-refractivity contribution is 5.96. The maximum atomic E-state index is 12.0. The summed E-state index contributed by atoms with van der Waals surface area (Å²) in [5, 5.41) is 11.4. The van der Waals surface area contributed by atoms with Gasteiger partial charge in [-0.1, -0.05) is 32.9 Å². The largest absolute Gasteiger partial charge is 0.480 e. The van der Waals surface area contributed by atoms with E-state index in [1.807, 2.05) is 12.1 Å². The molecule has 0 radical (unpaired) electrons. The van der Waals surface area contributed by atoms with Gasteiger partial charge in [0.15, 0.2) is 0 Å². The Kier molecular flexibility index (Phi) is 4.93. The van der Waals surface area contributed by atoms with Crippen molar-refractivity contribution in [2.24, 2.45) is 0 Å². The fourth-order valence-electron chi connectivity index (χ4n) is 1.68. The Morgan fingerprint density at radius 3 is 2.25 bits per heavy atom. The van der Waals surface area contributed by atoms with E-state index in [1.165, 1.54) is 0 Å². The van der Waals surface area contributed by atoms with Crippen LogP contribution in [0.15, 0.2) is 24.3 Å². The molecular formula is C16H19NO3. The topological polar surface area (TPSA) is 66.4 Å². The van der Waals surface area contributed by atoms with Gasteiger partial charge in [-0.05, 0) is 23.1 Å². The number of terminal acetylenes is 1. The molecule has 0 aliphatic heterocycles. The van der Waals surface area contributed by atoms with Gasteiger partial charge in [0.2, 0.25) is 0 Å². The van der Waals surface area contributed by atoms with Gasteiger partial charge in [0, 0.05) is 12.0 Å². The summed E-state index contributed by atoms with van der Waals surface area (Å²) in [5.41, 5.74) is 1.52. The van der Waals surface area contributed by atoms with E-state index in [0.29, 0.717) is 5.56 Å². The van der Waals surface area contributed by atoms with Crippen LogP contribution in [0.2, 0.25) is 0 Å². The molecule has 1 amide bonds. The van der Waals surface area contributed by atoms with E-state index in [1.54, 1.807) is 12.1 Å². The molecular weight excluding hydrogens is 254 g/mol. The molecule has 1 aromatic rings. The molecule has 0 aliphatic rings. The fraction of sp³-hybridized carbons (Fsp3) is 0.375. The molecule has 0 aliphatic carbocycles. The second-order valence-electron chi connectivity index (χ2n) is 5.60.